The number of nitriles is 1. The van der Waals surface area contributed by atoms with Gasteiger partial charge in [0.15, 0.2) is 34.9 Å². The molecule has 0 radical (unpaired) electrons. The zero-order chi connectivity index (χ0) is 50.5. The Morgan fingerprint density at radius 1 is 0.276 bits per heavy atom. The SMILES string of the molecule is N#Cc1ccc(-n2c3ccccc3c3cc(-c4cc(-c5nc(-c6ccccc6)nc(-c6ccccc6)n5)cc(-n5c6ccccc6c6ccccc65)c4)ccc32)c(-c2nc(-c3ccccc3)nc(-c3ccccc3)n2)c1. The van der Waals surface area contributed by atoms with Crippen molar-refractivity contribution in [1.29, 1.82) is 5.26 Å². The van der Waals surface area contributed by atoms with E-state index < -0.39 is 0 Å². The van der Waals surface area contributed by atoms with Crippen molar-refractivity contribution in [2.75, 3.05) is 0 Å². The van der Waals surface area contributed by atoms with Gasteiger partial charge in [-0.2, -0.15) is 5.26 Å². The zero-order valence-electron chi connectivity index (χ0n) is 40.7. The number of aromatic nitrogens is 8. The molecule has 4 aromatic heterocycles. The topological polar surface area (TPSA) is 111 Å². The largest absolute Gasteiger partial charge is 0.309 e. The Morgan fingerprint density at radius 3 is 1.16 bits per heavy atom. The first-order chi connectivity index (χ1) is 37.6. The fraction of sp³-hybridized carbons (Fsp3) is 0. The van der Waals surface area contributed by atoms with Gasteiger partial charge in [-0.1, -0.05) is 182 Å². The van der Waals surface area contributed by atoms with E-state index in [1.807, 2.05) is 140 Å². The van der Waals surface area contributed by atoms with Gasteiger partial charge in [0.2, 0.25) is 0 Å². The van der Waals surface area contributed by atoms with Crippen molar-refractivity contribution >= 4 is 43.6 Å². The maximum Gasteiger partial charge on any atom is 0.166 e. The zero-order valence-corrected chi connectivity index (χ0v) is 40.7. The molecule has 0 aliphatic heterocycles. The van der Waals surface area contributed by atoms with Crippen LogP contribution in [0.25, 0.3) is 134 Å². The van der Waals surface area contributed by atoms with Gasteiger partial charge in [0.25, 0.3) is 0 Å². The normalized spacial score (nSPS) is 11.4. The van der Waals surface area contributed by atoms with E-state index in [2.05, 4.69) is 124 Å². The summed E-state index contributed by atoms with van der Waals surface area (Å²) < 4.78 is 4.61. The Hall–Kier alpha value is -10.7. The number of hydrogen-bond acceptors (Lipinski definition) is 7. The van der Waals surface area contributed by atoms with Gasteiger partial charge < -0.3 is 9.13 Å². The summed E-state index contributed by atoms with van der Waals surface area (Å²) in [5.41, 5.74) is 13.5. The summed E-state index contributed by atoms with van der Waals surface area (Å²) in [4.78, 5) is 30.8. The highest BCUT2D eigenvalue weighted by molar-refractivity contribution is 6.12. The van der Waals surface area contributed by atoms with Crippen molar-refractivity contribution in [3.8, 4) is 96.9 Å². The number of hydrogen-bond donors (Lipinski definition) is 0. The molecular weight excluding hydrogens is 931 g/mol. The van der Waals surface area contributed by atoms with Gasteiger partial charge in [0.05, 0.1) is 39.4 Å². The molecule has 0 atom stereocenters. The van der Waals surface area contributed by atoms with E-state index in [9.17, 15) is 5.26 Å². The Kier molecular flexibility index (Phi) is 10.7. The first kappa shape index (κ1) is 44.0. The second-order valence-corrected chi connectivity index (χ2v) is 18.6. The van der Waals surface area contributed by atoms with Gasteiger partial charge in [0, 0.05) is 60.6 Å². The predicted octanol–water partition coefficient (Wildman–Crippen LogP) is 15.8. The summed E-state index contributed by atoms with van der Waals surface area (Å²) in [6.07, 6.45) is 0. The minimum Gasteiger partial charge on any atom is -0.309 e. The van der Waals surface area contributed by atoms with Crippen molar-refractivity contribution in [2.24, 2.45) is 0 Å². The van der Waals surface area contributed by atoms with Crippen molar-refractivity contribution in [3.05, 3.63) is 254 Å². The van der Waals surface area contributed by atoms with Crippen LogP contribution in [0.1, 0.15) is 5.56 Å². The molecular formula is C67H41N9. The summed E-state index contributed by atoms with van der Waals surface area (Å²) >= 11 is 0. The van der Waals surface area contributed by atoms with Crippen LogP contribution in [0.5, 0.6) is 0 Å². The van der Waals surface area contributed by atoms with Crippen molar-refractivity contribution < 1.29 is 0 Å². The highest BCUT2D eigenvalue weighted by Gasteiger charge is 2.22. The lowest BCUT2D eigenvalue weighted by Crippen LogP contribution is -2.04. The quantitative estimate of drug-likeness (QED) is 0.142. The molecule has 0 saturated carbocycles. The van der Waals surface area contributed by atoms with Crippen LogP contribution in [0.2, 0.25) is 0 Å². The van der Waals surface area contributed by atoms with Gasteiger partial charge in [-0.05, 0) is 77.9 Å². The first-order valence-corrected chi connectivity index (χ1v) is 25.1. The van der Waals surface area contributed by atoms with Crippen LogP contribution in [0.3, 0.4) is 0 Å². The van der Waals surface area contributed by atoms with Crippen LogP contribution in [0.4, 0.5) is 0 Å². The van der Waals surface area contributed by atoms with Crippen LogP contribution >= 0.6 is 0 Å². The third-order valence-corrected chi connectivity index (χ3v) is 14.0. The molecule has 0 amide bonds. The maximum atomic E-state index is 10.4. The molecule has 0 aliphatic carbocycles. The van der Waals surface area contributed by atoms with Crippen LogP contribution in [-0.4, -0.2) is 39.0 Å². The van der Waals surface area contributed by atoms with E-state index in [0.29, 0.717) is 46.1 Å². The molecule has 10 aromatic carbocycles. The van der Waals surface area contributed by atoms with Gasteiger partial charge in [-0.3, -0.25) is 0 Å². The number of benzene rings is 10. The molecule has 9 heteroatoms. The molecule has 0 unspecified atom stereocenters. The highest BCUT2D eigenvalue weighted by atomic mass is 15.1. The average molecular weight is 972 g/mol. The fourth-order valence-corrected chi connectivity index (χ4v) is 10.5. The van der Waals surface area contributed by atoms with Crippen LogP contribution in [-0.2, 0) is 0 Å². The molecule has 14 aromatic rings. The van der Waals surface area contributed by atoms with E-state index in [1.54, 1.807) is 0 Å². The summed E-state index contributed by atoms with van der Waals surface area (Å²) in [5.74, 6) is 3.28. The van der Waals surface area contributed by atoms with E-state index in [0.717, 1.165) is 83.2 Å². The molecule has 76 heavy (non-hydrogen) atoms. The molecule has 14 rings (SSSR count). The van der Waals surface area contributed by atoms with Gasteiger partial charge in [-0.15, -0.1) is 0 Å². The molecule has 0 saturated heterocycles. The lowest BCUT2D eigenvalue weighted by molar-refractivity contribution is 1.06. The third kappa shape index (κ3) is 7.73. The number of para-hydroxylation sites is 3. The minimum absolute atomic E-state index is 0.459. The molecule has 0 spiro atoms. The standard InChI is InChI=1S/C67H41N9/c68-42-43-33-35-61(56(37-43)67-73-64(46-23-9-3-10-24-46)70-65(74-67)47-25-11-4-12-26-47)76-59-32-18-15-29-54(59)55-41-48(34-36-60(55)76)49-38-50(40-51(39-49)75-57-30-16-13-27-52(57)53-28-14-17-31-58(53)75)66-71-62(44-19-5-1-6-20-44)69-63(72-66)45-21-7-2-8-22-45/h1-41H. The second-order valence-electron chi connectivity index (χ2n) is 18.6. The van der Waals surface area contributed by atoms with Crippen molar-refractivity contribution in [1.82, 2.24) is 39.0 Å². The number of fused-ring (bicyclic) bond motifs is 6. The van der Waals surface area contributed by atoms with Crippen LogP contribution < -0.4 is 0 Å². The minimum atomic E-state index is 0.459. The molecule has 0 bridgehead atoms. The smallest absolute Gasteiger partial charge is 0.166 e. The van der Waals surface area contributed by atoms with Gasteiger partial charge in [-0.25, -0.2) is 29.9 Å². The predicted molar refractivity (Wildman–Crippen MR) is 305 cm³/mol. The van der Waals surface area contributed by atoms with E-state index >= 15 is 0 Å². The number of rotatable bonds is 9. The fourth-order valence-electron chi connectivity index (χ4n) is 10.5. The maximum absolute atomic E-state index is 10.4. The molecule has 4 heterocycles. The van der Waals surface area contributed by atoms with Crippen molar-refractivity contribution in [3.63, 3.8) is 0 Å². The Labute approximate surface area is 437 Å². The van der Waals surface area contributed by atoms with E-state index in [-0.39, 0.29) is 0 Å². The Bertz CT molecular complexity index is 4410. The van der Waals surface area contributed by atoms with E-state index in [4.69, 9.17) is 29.9 Å². The average Bonchev–Trinajstić information content (AvgIpc) is 4.04. The summed E-state index contributed by atoms with van der Waals surface area (Å²) in [6.45, 7) is 0. The number of nitrogens with zero attached hydrogens (tertiary/aromatic N) is 9. The third-order valence-electron chi connectivity index (χ3n) is 14.0. The molecule has 0 N–H and O–H groups in total. The summed E-state index contributed by atoms with van der Waals surface area (Å²) in [5, 5.41) is 14.8. The second kappa shape index (κ2) is 18.4. The lowest BCUT2D eigenvalue weighted by Gasteiger charge is -2.16. The Morgan fingerprint density at radius 2 is 0.671 bits per heavy atom. The summed E-state index contributed by atoms with van der Waals surface area (Å²) in [6, 6.07) is 87.2. The van der Waals surface area contributed by atoms with Crippen LogP contribution in [0, 0.1) is 11.3 Å². The molecule has 0 aliphatic rings. The van der Waals surface area contributed by atoms with Crippen LogP contribution in [0.15, 0.2) is 249 Å². The van der Waals surface area contributed by atoms with Gasteiger partial charge >= 0.3 is 0 Å². The Balaban J connectivity index is 0.993. The first-order valence-electron chi connectivity index (χ1n) is 25.1. The monoisotopic (exact) mass is 971 g/mol. The lowest BCUT2D eigenvalue weighted by atomic mass is 9.99. The molecule has 0 fully saturated rings. The molecule has 9 nitrogen and oxygen atoms in total. The highest BCUT2D eigenvalue weighted by Crippen LogP contribution is 2.41. The van der Waals surface area contributed by atoms with Crippen molar-refractivity contribution in [2.45, 2.75) is 0 Å². The van der Waals surface area contributed by atoms with E-state index in [1.165, 1.54) is 10.8 Å². The van der Waals surface area contributed by atoms with Gasteiger partial charge in [0.1, 0.15) is 0 Å². The summed E-state index contributed by atoms with van der Waals surface area (Å²) in [7, 11) is 0. The molecule has 354 valence electrons.